The van der Waals surface area contributed by atoms with E-state index in [2.05, 4.69) is 11.3 Å². The third kappa shape index (κ3) is 7.75. The van der Waals surface area contributed by atoms with Crippen molar-refractivity contribution >= 4 is 67.5 Å². The lowest BCUT2D eigenvalue weighted by Crippen LogP contribution is -2.37. The van der Waals surface area contributed by atoms with Crippen molar-refractivity contribution in [2.24, 2.45) is 0 Å². The first kappa shape index (κ1) is 26.7. The van der Waals surface area contributed by atoms with Gasteiger partial charge in [-0.15, -0.1) is 0 Å². The van der Waals surface area contributed by atoms with Crippen LogP contribution in [0.2, 0.25) is 0 Å². The summed E-state index contributed by atoms with van der Waals surface area (Å²) < 4.78 is 54.4. The number of carbonyl (C=O) groups excluding carboxylic acids is 3. The standard InChI is InChI=1S/C21H20FIO9S/c1-2-14-6-7-16-13-17(9-8-15(16)12-14)32-19(25)5-3-4-18(24)30-10-11-31-20(26)21(22,23)33(27,28)29/h2,6-9,12-13H,1,3-5,10-11H2,(H,27,28,29). The second kappa shape index (κ2) is 11.5. The fourth-order valence-corrected chi connectivity index (χ4v) is 2.97. The summed E-state index contributed by atoms with van der Waals surface area (Å²) in [5, 5.41) is 1.86. The maximum atomic E-state index is 13.6. The highest BCUT2D eigenvalue weighted by Crippen LogP contribution is 2.28. The second-order valence-electron chi connectivity index (χ2n) is 6.65. The van der Waals surface area contributed by atoms with Gasteiger partial charge in [0.1, 0.15) is 19.0 Å². The SMILES string of the molecule is C=Cc1ccc2cc(OC(=O)CCCC(=O)OCCOC(=O)C(F)(I)S(=O)(=O)O)ccc2c1. The zero-order valence-electron chi connectivity index (χ0n) is 17.2. The van der Waals surface area contributed by atoms with E-state index in [1.54, 1.807) is 18.2 Å². The van der Waals surface area contributed by atoms with E-state index in [9.17, 15) is 27.2 Å². The summed E-state index contributed by atoms with van der Waals surface area (Å²) in [5.41, 5.74) is 0.968. The summed E-state index contributed by atoms with van der Waals surface area (Å²) in [6, 6.07) is 10.9. The molecule has 0 aromatic heterocycles. The van der Waals surface area contributed by atoms with Crippen molar-refractivity contribution in [1.29, 1.82) is 0 Å². The fraction of sp³-hybridized carbons (Fsp3) is 0.286. The quantitative estimate of drug-likeness (QED) is 0.104. The molecule has 0 bridgehead atoms. The minimum atomic E-state index is -5.32. The van der Waals surface area contributed by atoms with E-state index >= 15 is 0 Å². The van der Waals surface area contributed by atoms with E-state index in [-0.39, 0.29) is 19.3 Å². The molecule has 1 N–H and O–H groups in total. The molecule has 9 nitrogen and oxygen atoms in total. The molecule has 12 heteroatoms. The predicted molar refractivity (Wildman–Crippen MR) is 125 cm³/mol. The molecule has 0 aliphatic heterocycles. The summed E-state index contributed by atoms with van der Waals surface area (Å²) >= 11 is 0.578. The van der Waals surface area contributed by atoms with E-state index in [1.165, 1.54) is 0 Å². The molecule has 0 aliphatic rings. The number of hydrogen-bond acceptors (Lipinski definition) is 8. The van der Waals surface area contributed by atoms with Crippen molar-refractivity contribution in [2.45, 2.75) is 22.3 Å². The van der Waals surface area contributed by atoms with E-state index in [0.29, 0.717) is 28.3 Å². The third-order valence-electron chi connectivity index (χ3n) is 4.21. The van der Waals surface area contributed by atoms with Crippen molar-refractivity contribution in [1.82, 2.24) is 0 Å². The van der Waals surface area contributed by atoms with Crippen molar-refractivity contribution < 1.29 is 46.0 Å². The summed E-state index contributed by atoms with van der Waals surface area (Å²) in [6.45, 7) is 2.64. The van der Waals surface area contributed by atoms with Crippen molar-refractivity contribution in [2.75, 3.05) is 13.2 Å². The van der Waals surface area contributed by atoms with Crippen molar-refractivity contribution in [3.63, 3.8) is 0 Å². The summed E-state index contributed by atoms with van der Waals surface area (Å²) in [6.07, 6.45) is 1.69. The first-order chi connectivity index (χ1) is 15.4. The molecule has 0 amide bonds. The lowest BCUT2D eigenvalue weighted by molar-refractivity contribution is -0.154. The number of alkyl halides is 2. The van der Waals surface area contributed by atoms with Crippen molar-refractivity contribution in [3.8, 4) is 5.75 Å². The number of esters is 3. The number of benzene rings is 2. The monoisotopic (exact) mass is 594 g/mol. The van der Waals surface area contributed by atoms with Crippen LogP contribution in [0, 0.1) is 0 Å². The fourth-order valence-electron chi connectivity index (χ4n) is 2.54. The molecule has 0 heterocycles. The smallest absolute Gasteiger partial charge is 0.378 e. The van der Waals surface area contributed by atoms with Gasteiger partial charge >= 0.3 is 31.0 Å². The molecule has 0 radical (unpaired) electrons. The Morgan fingerprint density at radius 2 is 1.64 bits per heavy atom. The Morgan fingerprint density at radius 1 is 1.03 bits per heavy atom. The number of carbonyl (C=O) groups is 3. The Bertz CT molecular complexity index is 1160. The van der Waals surface area contributed by atoms with E-state index in [0.717, 1.165) is 16.3 Å². The Labute approximate surface area is 202 Å². The molecule has 178 valence electrons. The van der Waals surface area contributed by atoms with Crippen molar-refractivity contribution in [3.05, 3.63) is 48.5 Å². The van der Waals surface area contributed by atoms with Crippen LogP contribution in [0.5, 0.6) is 5.75 Å². The lowest BCUT2D eigenvalue weighted by atomic mass is 10.1. The van der Waals surface area contributed by atoms with E-state index in [4.69, 9.17) is 14.0 Å². The highest BCUT2D eigenvalue weighted by atomic mass is 127. The van der Waals surface area contributed by atoms with Gasteiger partial charge in [-0.2, -0.15) is 12.8 Å². The molecule has 1 unspecified atom stereocenters. The minimum absolute atomic E-state index is 0.0505. The summed E-state index contributed by atoms with van der Waals surface area (Å²) in [5.74, 6) is -2.73. The molecule has 2 rings (SSSR count). The van der Waals surface area contributed by atoms with Crippen LogP contribution in [0.3, 0.4) is 0 Å². The maximum absolute atomic E-state index is 13.6. The zero-order chi connectivity index (χ0) is 24.6. The van der Waals surface area contributed by atoms with Crippen LogP contribution >= 0.6 is 22.6 Å². The molecule has 0 spiro atoms. The molecule has 1 atom stereocenters. The second-order valence-corrected chi connectivity index (χ2v) is 10.4. The van der Waals surface area contributed by atoms with Crippen LogP contribution in [0.15, 0.2) is 43.0 Å². The largest absolute Gasteiger partial charge is 0.462 e. The highest BCUT2D eigenvalue weighted by Gasteiger charge is 2.50. The first-order valence-corrected chi connectivity index (χ1v) is 12.0. The predicted octanol–water partition coefficient (Wildman–Crippen LogP) is 3.59. The van der Waals surface area contributed by atoms with Gasteiger partial charge in [0.2, 0.25) is 0 Å². The molecular weight excluding hydrogens is 574 g/mol. The van der Waals surface area contributed by atoms with Gasteiger partial charge in [-0.1, -0.05) is 30.9 Å². The maximum Gasteiger partial charge on any atom is 0.378 e. The van der Waals surface area contributed by atoms with E-state index in [1.807, 2.05) is 24.3 Å². The molecule has 0 aliphatic carbocycles. The Balaban J connectivity index is 1.69. The molecule has 0 saturated carbocycles. The van der Waals surface area contributed by atoms with Crippen LogP contribution in [-0.2, 0) is 34.0 Å². The van der Waals surface area contributed by atoms with Crippen LogP contribution in [0.25, 0.3) is 16.8 Å². The number of ether oxygens (including phenoxy) is 3. The van der Waals surface area contributed by atoms with E-state index < -0.39 is 44.2 Å². The number of halogens is 2. The molecule has 0 fully saturated rings. The zero-order valence-corrected chi connectivity index (χ0v) is 20.1. The van der Waals surface area contributed by atoms with Crippen LogP contribution in [0.1, 0.15) is 24.8 Å². The Hall–Kier alpha value is -2.58. The summed E-state index contributed by atoms with van der Waals surface area (Å²) in [7, 11) is -5.32. The average molecular weight is 594 g/mol. The van der Waals surface area contributed by atoms with Gasteiger partial charge in [0.15, 0.2) is 0 Å². The van der Waals surface area contributed by atoms with Gasteiger partial charge in [0, 0.05) is 12.8 Å². The lowest BCUT2D eigenvalue weighted by Gasteiger charge is -2.13. The van der Waals surface area contributed by atoms with Crippen LogP contribution in [-0.4, -0.2) is 47.1 Å². The first-order valence-electron chi connectivity index (χ1n) is 9.48. The van der Waals surface area contributed by atoms with Crippen LogP contribution < -0.4 is 4.74 Å². The minimum Gasteiger partial charge on any atom is -0.462 e. The van der Waals surface area contributed by atoms with Gasteiger partial charge in [-0.05, 0) is 63.5 Å². The van der Waals surface area contributed by atoms with Crippen LogP contribution in [0.4, 0.5) is 4.39 Å². The topological polar surface area (TPSA) is 133 Å². The van der Waals surface area contributed by atoms with Gasteiger partial charge in [0.05, 0.1) is 0 Å². The molecule has 2 aromatic rings. The summed E-state index contributed by atoms with van der Waals surface area (Å²) in [4.78, 5) is 35.0. The van der Waals surface area contributed by atoms with Gasteiger partial charge in [-0.3, -0.25) is 14.1 Å². The Kier molecular flexibility index (Phi) is 9.31. The van der Waals surface area contributed by atoms with Gasteiger partial charge in [0.25, 0.3) is 0 Å². The number of fused-ring (bicyclic) bond motifs is 1. The molecular formula is C21H20FIO9S. The number of hydrogen-bond donors (Lipinski definition) is 1. The van der Waals surface area contributed by atoms with Gasteiger partial charge < -0.3 is 14.2 Å². The molecule has 2 aromatic carbocycles. The Morgan fingerprint density at radius 3 is 2.30 bits per heavy atom. The molecule has 0 saturated heterocycles. The number of rotatable bonds is 11. The third-order valence-corrected chi connectivity index (χ3v) is 7.13. The highest BCUT2D eigenvalue weighted by molar-refractivity contribution is 14.1. The average Bonchev–Trinajstić information content (AvgIpc) is 2.75. The molecule has 33 heavy (non-hydrogen) atoms. The normalized spacial score (nSPS) is 13.1. The van der Waals surface area contributed by atoms with Gasteiger partial charge in [-0.25, -0.2) is 4.79 Å².